The number of carboxylic acid groups (broad SMARTS) is 1. The average molecular weight is 333 g/mol. The number of aliphatic carboxylic acids is 1. The Morgan fingerprint density at radius 3 is 2.20 bits per heavy atom. The highest BCUT2D eigenvalue weighted by molar-refractivity contribution is 9.09. The van der Waals surface area contributed by atoms with Crippen LogP contribution in [0, 0.1) is 0 Å². The van der Waals surface area contributed by atoms with E-state index in [4.69, 9.17) is 9.84 Å². The van der Waals surface area contributed by atoms with E-state index in [1.54, 1.807) is 6.08 Å². The van der Waals surface area contributed by atoms with Gasteiger partial charge in [0.15, 0.2) is 0 Å². The second-order valence-electron chi connectivity index (χ2n) is 4.09. The third-order valence-corrected chi connectivity index (χ3v) is 3.22. The zero-order valence-electron chi connectivity index (χ0n) is 10.6. The Labute approximate surface area is 125 Å². The second-order valence-corrected chi connectivity index (χ2v) is 4.65. The Morgan fingerprint density at radius 2 is 1.65 bits per heavy atom. The minimum absolute atomic E-state index is 0.307. The van der Waals surface area contributed by atoms with E-state index in [0.717, 1.165) is 11.3 Å². The summed E-state index contributed by atoms with van der Waals surface area (Å²) in [6, 6.07) is 16.8. The first-order valence-corrected chi connectivity index (χ1v) is 7.14. The number of halogens is 1. The number of ether oxygens (including phenoxy) is 1. The summed E-state index contributed by atoms with van der Waals surface area (Å²) in [6.45, 7) is 0. The van der Waals surface area contributed by atoms with Crippen molar-refractivity contribution in [3.63, 3.8) is 0 Å². The van der Waals surface area contributed by atoms with Crippen LogP contribution in [-0.2, 0) is 4.79 Å². The lowest BCUT2D eigenvalue weighted by atomic mass is 10.1. The first-order valence-electron chi connectivity index (χ1n) is 6.02. The molecule has 0 aliphatic rings. The molecule has 2 aromatic carbocycles. The Kier molecular flexibility index (Phi) is 4.96. The topological polar surface area (TPSA) is 46.5 Å². The molecule has 2 rings (SSSR count). The SMILES string of the molecule is O=C(O)/C(=C/c1ccc(Oc2ccccc2)cc1)CBr. The number of carbonyl (C=O) groups is 1. The monoisotopic (exact) mass is 332 g/mol. The summed E-state index contributed by atoms with van der Waals surface area (Å²) in [7, 11) is 0. The van der Waals surface area contributed by atoms with Crippen molar-refractivity contribution in [1.29, 1.82) is 0 Å². The summed E-state index contributed by atoms with van der Waals surface area (Å²) in [6.07, 6.45) is 1.63. The van der Waals surface area contributed by atoms with Crippen LogP contribution in [0.4, 0.5) is 0 Å². The highest BCUT2D eigenvalue weighted by Gasteiger charge is 2.05. The highest BCUT2D eigenvalue weighted by Crippen LogP contribution is 2.22. The van der Waals surface area contributed by atoms with Crippen molar-refractivity contribution in [2.45, 2.75) is 0 Å². The van der Waals surface area contributed by atoms with Crippen LogP contribution in [0.3, 0.4) is 0 Å². The molecule has 0 amide bonds. The predicted molar refractivity (Wildman–Crippen MR) is 82.4 cm³/mol. The number of hydrogen-bond acceptors (Lipinski definition) is 2. The molecule has 0 bridgehead atoms. The molecule has 0 heterocycles. The third kappa shape index (κ3) is 3.96. The van der Waals surface area contributed by atoms with Crippen molar-refractivity contribution < 1.29 is 14.6 Å². The molecule has 0 aromatic heterocycles. The summed E-state index contributed by atoms with van der Waals surface area (Å²) in [5.74, 6) is 0.554. The van der Waals surface area contributed by atoms with E-state index in [9.17, 15) is 4.79 Å². The molecule has 20 heavy (non-hydrogen) atoms. The van der Waals surface area contributed by atoms with Gasteiger partial charge in [0.2, 0.25) is 0 Å². The standard InChI is InChI=1S/C16H13BrO3/c17-11-13(16(18)19)10-12-6-8-15(9-7-12)20-14-4-2-1-3-5-14/h1-10H,11H2,(H,18,19)/b13-10+. The zero-order valence-corrected chi connectivity index (χ0v) is 12.2. The number of carboxylic acids is 1. The van der Waals surface area contributed by atoms with Crippen LogP contribution in [0.15, 0.2) is 60.2 Å². The van der Waals surface area contributed by atoms with Gasteiger partial charge < -0.3 is 9.84 Å². The molecule has 0 radical (unpaired) electrons. The van der Waals surface area contributed by atoms with Gasteiger partial charge in [0, 0.05) is 10.9 Å². The average Bonchev–Trinajstić information content (AvgIpc) is 2.47. The first-order chi connectivity index (χ1) is 9.69. The number of rotatable bonds is 5. The van der Waals surface area contributed by atoms with Crippen LogP contribution in [-0.4, -0.2) is 16.4 Å². The maximum atomic E-state index is 10.9. The van der Waals surface area contributed by atoms with Gasteiger partial charge in [0.1, 0.15) is 11.5 Å². The largest absolute Gasteiger partial charge is 0.478 e. The molecule has 0 spiro atoms. The smallest absolute Gasteiger partial charge is 0.332 e. The van der Waals surface area contributed by atoms with E-state index in [1.807, 2.05) is 54.6 Å². The lowest BCUT2D eigenvalue weighted by molar-refractivity contribution is -0.132. The summed E-state index contributed by atoms with van der Waals surface area (Å²) < 4.78 is 5.67. The molecule has 102 valence electrons. The summed E-state index contributed by atoms with van der Waals surface area (Å²) in [5.41, 5.74) is 1.13. The van der Waals surface area contributed by atoms with Crippen LogP contribution in [0.2, 0.25) is 0 Å². The van der Waals surface area contributed by atoms with E-state index in [1.165, 1.54) is 0 Å². The molecule has 0 saturated heterocycles. The fraction of sp³-hybridized carbons (Fsp3) is 0.0625. The second kappa shape index (κ2) is 6.91. The van der Waals surface area contributed by atoms with Gasteiger partial charge >= 0.3 is 5.97 Å². The Balaban J connectivity index is 2.12. The number of benzene rings is 2. The van der Waals surface area contributed by atoms with Gasteiger partial charge in [0.25, 0.3) is 0 Å². The van der Waals surface area contributed by atoms with E-state index in [2.05, 4.69) is 15.9 Å². The van der Waals surface area contributed by atoms with Gasteiger partial charge in [-0.25, -0.2) is 4.79 Å². The molecule has 0 unspecified atom stereocenters. The van der Waals surface area contributed by atoms with Crippen molar-refractivity contribution in [3.05, 3.63) is 65.7 Å². The highest BCUT2D eigenvalue weighted by atomic mass is 79.9. The van der Waals surface area contributed by atoms with Crippen LogP contribution >= 0.6 is 15.9 Å². The van der Waals surface area contributed by atoms with Crippen molar-refractivity contribution in [2.24, 2.45) is 0 Å². The van der Waals surface area contributed by atoms with Crippen molar-refractivity contribution in [2.75, 3.05) is 5.33 Å². The molecule has 0 atom stereocenters. The maximum Gasteiger partial charge on any atom is 0.332 e. The molecule has 3 nitrogen and oxygen atoms in total. The molecule has 2 aromatic rings. The van der Waals surface area contributed by atoms with Gasteiger partial charge in [-0.15, -0.1) is 0 Å². The summed E-state index contributed by atoms with van der Waals surface area (Å²) in [5, 5.41) is 9.27. The van der Waals surface area contributed by atoms with E-state index in [0.29, 0.717) is 16.7 Å². The molecule has 4 heteroatoms. The molecular weight excluding hydrogens is 320 g/mol. The minimum atomic E-state index is -0.925. The molecule has 0 aliphatic heterocycles. The number of hydrogen-bond donors (Lipinski definition) is 1. The fourth-order valence-corrected chi connectivity index (χ4v) is 2.02. The summed E-state index contributed by atoms with van der Waals surface area (Å²) in [4.78, 5) is 10.9. The maximum absolute atomic E-state index is 10.9. The zero-order chi connectivity index (χ0) is 14.4. The van der Waals surface area contributed by atoms with Crippen molar-refractivity contribution in [3.8, 4) is 11.5 Å². The Bertz CT molecular complexity index is 603. The van der Waals surface area contributed by atoms with E-state index < -0.39 is 5.97 Å². The fourth-order valence-electron chi connectivity index (χ4n) is 1.62. The molecule has 0 saturated carbocycles. The lowest BCUT2D eigenvalue weighted by Gasteiger charge is -2.05. The number of para-hydroxylation sites is 1. The normalized spacial score (nSPS) is 11.2. The minimum Gasteiger partial charge on any atom is -0.478 e. The first kappa shape index (κ1) is 14.3. The lowest BCUT2D eigenvalue weighted by Crippen LogP contribution is -2.00. The van der Waals surface area contributed by atoms with Crippen molar-refractivity contribution in [1.82, 2.24) is 0 Å². The van der Waals surface area contributed by atoms with Gasteiger partial charge in [0.05, 0.1) is 0 Å². The predicted octanol–water partition coefficient (Wildman–Crippen LogP) is 4.34. The molecular formula is C16H13BrO3. The molecule has 0 fully saturated rings. The third-order valence-electron chi connectivity index (χ3n) is 2.62. The Morgan fingerprint density at radius 1 is 1.05 bits per heavy atom. The van der Waals surface area contributed by atoms with Gasteiger partial charge in [-0.05, 0) is 35.9 Å². The quantitative estimate of drug-likeness (QED) is 0.654. The summed E-state index contributed by atoms with van der Waals surface area (Å²) >= 11 is 3.16. The molecule has 0 aliphatic carbocycles. The Hall–Kier alpha value is -2.07. The van der Waals surface area contributed by atoms with Gasteiger partial charge in [-0.2, -0.15) is 0 Å². The van der Waals surface area contributed by atoms with Crippen LogP contribution in [0.1, 0.15) is 5.56 Å². The van der Waals surface area contributed by atoms with E-state index in [-0.39, 0.29) is 0 Å². The van der Waals surface area contributed by atoms with Gasteiger partial charge in [-0.1, -0.05) is 46.3 Å². The molecule has 1 N–H and O–H groups in total. The number of alkyl halides is 1. The van der Waals surface area contributed by atoms with Gasteiger partial charge in [-0.3, -0.25) is 0 Å². The van der Waals surface area contributed by atoms with Crippen molar-refractivity contribution >= 4 is 28.0 Å². The van der Waals surface area contributed by atoms with Crippen LogP contribution in [0.25, 0.3) is 6.08 Å². The van der Waals surface area contributed by atoms with Crippen LogP contribution < -0.4 is 4.74 Å². The van der Waals surface area contributed by atoms with E-state index >= 15 is 0 Å². The van der Waals surface area contributed by atoms with Crippen LogP contribution in [0.5, 0.6) is 11.5 Å².